The van der Waals surface area contributed by atoms with Gasteiger partial charge in [-0.15, -0.1) is 10.2 Å². The van der Waals surface area contributed by atoms with Gasteiger partial charge in [0.15, 0.2) is 5.82 Å². The monoisotopic (exact) mass is 319 g/mol. The number of phenolic OH excluding ortho intramolecular Hbond substituents is 1. The number of phenols is 1. The van der Waals surface area contributed by atoms with E-state index in [0.717, 1.165) is 28.6 Å². The van der Waals surface area contributed by atoms with Crippen LogP contribution in [0.4, 0.5) is 5.95 Å². The first kappa shape index (κ1) is 14.3. The van der Waals surface area contributed by atoms with Gasteiger partial charge in [0.2, 0.25) is 5.95 Å². The van der Waals surface area contributed by atoms with Crippen LogP contribution in [0.5, 0.6) is 5.75 Å². The molecule has 0 aliphatic carbocycles. The number of fused-ring (bicyclic) bond motifs is 1. The van der Waals surface area contributed by atoms with E-state index in [-0.39, 0.29) is 11.7 Å². The van der Waals surface area contributed by atoms with E-state index in [1.54, 1.807) is 10.6 Å². The predicted octanol–water partition coefficient (Wildman–Crippen LogP) is 3.27. The Hall–Kier alpha value is -3.28. The second-order valence-electron chi connectivity index (χ2n) is 5.64. The number of anilines is 1. The molecular weight excluding hydrogens is 302 g/mol. The fourth-order valence-corrected chi connectivity index (χ4v) is 2.95. The van der Waals surface area contributed by atoms with Crippen LogP contribution in [0.2, 0.25) is 0 Å². The lowest BCUT2D eigenvalue weighted by Crippen LogP contribution is -2.03. The van der Waals surface area contributed by atoms with Crippen LogP contribution in [0.15, 0.2) is 48.7 Å². The van der Waals surface area contributed by atoms with Gasteiger partial charge in [-0.05, 0) is 42.3 Å². The van der Waals surface area contributed by atoms with Gasteiger partial charge in [-0.1, -0.05) is 19.1 Å². The van der Waals surface area contributed by atoms with Crippen LogP contribution in [0.3, 0.4) is 0 Å². The van der Waals surface area contributed by atoms with Crippen molar-refractivity contribution in [1.29, 1.82) is 0 Å². The Balaban J connectivity index is 2.00. The van der Waals surface area contributed by atoms with Gasteiger partial charge < -0.3 is 15.8 Å². The largest absolute Gasteiger partial charge is 0.507 e. The van der Waals surface area contributed by atoms with E-state index in [9.17, 15) is 5.11 Å². The van der Waals surface area contributed by atoms with Crippen molar-refractivity contribution < 1.29 is 5.11 Å². The third-order valence-corrected chi connectivity index (χ3v) is 4.21. The van der Waals surface area contributed by atoms with Crippen molar-refractivity contribution in [1.82, 2.24) is 19.7 Å². The molecule has 0 saturated heterocycles. The molecular formula is C18H17N5O. The molecule has 4 N–H and O–H groups in total. The summed E-state index contributed by atoms with van der Waals surface area (Å²) in [5, 5.41) is 19.6. The van der Waals surface area contributed by atoms with Crippen LogP contribution < -0.4 is 5.73 Å². The van der Waals surface area contributed by atoms with Crippen molar-refractivity contribution in [3.8, 4) is 22.8 Å². The second kappa shape index (κ2) is 5.42. The summed E-state index contributed by atoms with van der Waals surface area (Å²) in [5.74, 6) is 0.955. The molecule has 0 spiro atoms. The number of nitrogens with two attached hydrogens (primary N) is 1. The standard InChI is InChI=1S/C18H17N5O/c1-2-11-6-7-16(24)13(10-11)17-21-22-18(19)23(17)15-5-3-4-14-12(15)8-9-20-14/h3-10,20,24H,2H2,1H3,(H2,19,22). The lowest BCUT2D eigenvalue weighted by atomic mass is 10.1. The number of nitrogens with one attached hydrogen (secondary N) is 1. The van der Waals surface area contributed by atoms with Gasteiger partial charge in [-0.2, -0.15) is 0 Å². The molecule has 6 heteroatoms. The zero-order chi connectivity index (χ0) is 16.7. The Morgan fingerprint density at radius 1 is 1.17 bits per heavy atom. The van der Waals surface area contributed by atoms with Crippen LogP contribution in [0.1, 0.15) is 12.5 Å². The highest BCUT2D eigenvalue weighted by molar-refractivity contribution is 5.89. The minimum atomic E-state index is 0.155. The number of hydrogen-bond acceptors (Lipinski definition) is 4. The molecule has 120 valence electrons. The fraction of sp³-hybridized carbons (Fsp3) is 0.111. The summed E-state index contributed by atoms with van der Waals surface area (Å²) in [4.78, 5) is 3.19. The molecule has 2 aromatic carbocycles. The number of H-pyrrole nitrogens is 1. The zero-order valence-corrected chi connectivity index (χ0v) is 13.2. The number of aromatic amines is 1. The Labute approximate surface area is 138 Å². The van der Waals surface area contributed by atoms with Gasteiger partial charge in [0.25, 0.3) is 0 Å². The van der Waals surface area contributed by atoms with Crippen molar-refractivity contribution in [2.45, 2.75) is 13.3 Å². The van der Waals surface area contributed by atoms with Crippen LogP contribution in [-0.4, -0.2) is 24.9 Å². The number of rotatable bonds is 3. The van der Waals surface area contributed by atoms with Gasteiger partial charge in [0.05, 0.1) is 11.3 Å². The third kappa shape index (κ3) is 2.11. The zero-order valence-electron chi connectivity index (χ0n) is 13.2. The summed E-state index contributed by atoms with van der Waals surface area (Å²) in [7, 11) is 0. The molecule has 24 heavy (non-hydrogen) atoms. The average molecular weight is 319 g/mol. The first-order valence-corrected chi connectivity index (χ1v) is 7.78. The molecule has 0 aliphatic rings. The molecule has 4 aromatic rings. The minimum absolute atomic E-state index is 0.155. The number of aromatic nitrogens is 4. The van der Waals surface area contributed by atoms with Gasteiger partial charge in [-0.25, -0.2) is 0 Å². The maximum Gasteiger partial charge on any atom is 0.226 e. The van der Waals surface area contributed by atoms with E-state index in [0.29, 0.717) is 11.4 Å². The summed E-state index contributed by atoms with van der Waals surface area (Å²) >= 11 is 0. The predicted molar refractivity (Wildman–Crippen MR) is 94.1 cm³/mol. The SMILES string of the molecule is CCc1ccc(O)c(-c2nnc(N)n2-c2cccc3[nH]ccc23)c1. The van der Waals surface area contributed by atoms with Crippen molar-refractivity contribution >= 4 is 16.9 Å². The van der Waals surface area contributed by atoms with E-state index in [1.807, 2.05) is 42.6 Å². The molecule has 0 unspecified atom stereocenters. The van der Waals surface area contributed by atoms with Crippen LogP contribution in [0, 0.1) is 0 Å². The van der Waals surface area contributed by atoms with Gasteiger partial charge in [0, 0.05) is 17.1 Å². The molecule has 4 rings (SSSR count). The molecule has 0 aliphatic heterocycles. The molecule has 6 nitrogen and oxygen atoms in total. The number of benzene rings is 2. The number of aryl methyl sites for hydroxylation is 1. The molecule has 0 radical (unpaired) electrons. The highest BCUT2D eigenvalue weighted by Crippen LogP contribution is 2.33. The molecule has 2 heterocycles. The molecule has 2 aromatic heterocycles. The second-order valence-corrected chi connectivity index (χ2v) is 5.64. The maximum absolute atomic E-state index is 10.3. The van der Waals surface area contributed by atoms with E-state index < -0.39 is 0 Å². The van der Waals surface area contributed by atoms with E-state index in [4.69, 9.17) is 5.73 Å². The minimum Gasteiger partial charge on any atom is -0.507 e. The van der Waals surface area contributed by atoms with Crippen LogP contribution >= 0.6 is 0 Å². The average Bonchev–Trinajstić information content (AvgIpc) is 3.21. The van der Waals surface area contributed by atoms with Crippen molar-refractivity contribution in [3.63, 3.8) is 0 Å². The summed E-state index contributed by atoms with van der Waals surface area (Å²) in [6.07, 6.45) is 2.74. The lowest BCUT2D eigenvalue weighted by Gasteiger charge is -2.11. The fourth-order valence-electron chi connectivity index (χ4n) is 2.95. The lowest BCUT2D eigenvalue weighted by molar-refractivity contribution is 0.476. The smallest absolute Gasteiger partial charge is 0.226 e. The van der Waals surface area contributed by atoms with Crippen molar-refractivity contribution in [2.75, 3.05) is 5.73 Å². The van der Waals surface area contributed by atoms with E-state index in [1.165, 1.54) is 0 Å². The van der Waals surface area contributed by atoms with E-state index in [2.05, 4.69) is 22.1 Å². The number of nitrogens with zero attached hydrogens (tertiary/aromatic N) is 3. The summed E-state index contributed by atoms with van der Waals surface area (Å²) in [5.41, 5.74) is 9.68. The molecule has 0 bridgehead atoms. The summed E-state index contributed by atoms with van der Waals surface area (Å²) in [6.45, 7) is 2.07. The molecule has 0 amide bonds. The summed E-state index contributed by atoms with van der Waals surface area (Å²) < 4.78 is 1.77. The number of aromatic hydroxyl groups is 1. The first-order chi connectivity index (χ1) is 11.7. The molecule has 0 atom stereocenters. The molecule has 0 fully saturated rings. The Bertz CT molecular complexity index is 1030. The van der Waals surface area contributed by atoms with Gasteiger partial charge in [0.1, 0.15) is 5.75 Å². The van der Waals surface area contributed by atoms with Crippen LogP contribution in [-0.2, 0) is 6.42 Å². The highest BCUT2D eigenvalue weighted by atomic mass is 16.3. The summed E-state index contributed by atoms with van der Waals surface area (Å²) in [6, 6.07) is 13.4. The third-order valence-electron chi connectivity index (χ3n) is 4.21. The normalized spacial score (nSPS) is 11.2. The Morgan fingerprint density at radius 3 is 2.88 bits per heavy atom. The van der Waals surface area contributed by atoms with Gasteiger partial charge in [-0.3, -0.25) is 4.57 Å². The highest BCUT2D eigenvalue weighted by Gasteiger charge is 2.18. The first-order valence-electron chi connectivity index (χ1n) is 7.78. The number of hydrogen-bond donors (Lipinski definition) is 3. The molecule has 0 saturated carbocycles. The Morgan fingerprint density at radius 2 is 2.04 bits per heavy atom. The van der Waals surface area contributed by atoms with E-state index >= 15 is 0 Å². The number of nitrogen functional groups attached to an aromatic ring is 1. The Kier molecular flexibility index (Phi) is 3.23. The van der Waals surface area contributed by atoms with Gasteiger partial charge >= 0.3 is 0 Å². The van der Waals surface area contributed by atoms with Crippen molar-refractivity contribution in [2.24, 2.45) is 0 Å². The quantitative estimate of drug-likeness (QED) is 0.540. The van der Waals surface area contributed by atoms with Crippen LogP contribution in [0.25, 0.3) is 28.0 Å². The topological polar surface area (TPSA) is 92.8 Å². The maximum atomic E-state index is 10.3. The van der Waals surface area contributed by atoms with Crippen molar-refractivity contribution in [3.05, 3.63) is 54.2 Å².